The lowest BCUT2D eigenvalue weighted by Gasteiger charge is -2.27. The number of carbonyl (C=O) groups excluding carboxylic acids is 3. The van der Waals surface area contributed by atoms with E-state index in [2.05, 4.69) is 5.32 Å². The molecule has 1 heterocycles. The zero-order chi connectivity index (χ0) is 15.5. The Morgan fingerprint density at radius 1 is 1.35 bits per heavy atom. The van der Waals surface area contributed by atoms with Gasteiger partial charge in [-0.05, 0) is 40.5 Å². The molecule has 0 radical (unpaired) electrons. The van der Waals surface area contributed by atoms with Crippen LogP contribution in [0.5, 0.6) is 0 Å². The summed E-state index contributed by atoms with van der Waals surface area (Å²) in [7, 11) is 0. The van der Waals surface area contributed by atoms with Crippen LogP contribution in [0.25, 0.3) is 0 Å². The summed E-state index contributed by atoms with van der Waals surface area (Å²) in [5.41, 5.74) is -0.665. The largest absolute Gasteiger partial charge is 0.548 e. The Labute approximate surface area is 118 Å². The van der Waals surface area contributed by atoms with Crippen molar-refractivity contribution in [3.05, 3.63) is 0 Å². The molecule has 7 nitrogen and oxygen atoms in total. The molecule has 1 N–H and O–H groups in total. The summed E-state index contributed by atoms with van der Waals surface area (Å²) in [6.07, 6.45) is 1.22. The van der Waals surface area contributed by atoms with Gasteiger partial charge in [0, 0.05) is 6.54 Å². The molecule has 2 atom stereocenters. The van der Waals surface area contributed by atoms with Crippen molar-refractivity contribution in [2.75, 3.05) is 6.54 Å². The van der Waals surface area contributed by atoms with Gasteiger partial charge in [0.05, 0.1) is 17.4 Å². The van der Waals surface area contributed by atoms with Crippen LogP contribution in [0.4, 0.5) is 0 Å². The van der Waals surface area contributed by atoms with Crippen molar-refractivity contribution >= 4 is 17.8 Å². The number of nitrogens with one attached hydrogen (secondary N) is 1. The van der Waals surface area contributed by atoms with Crippen LogP contribution in [-0.4, -0.2) is 41.5 Å². The number of hydrogen-bond donors (Lipinski definition) is 1. The van der Waals surface area contributed by atoms with Crippen LogP contribution in [0.1, 0.15) is 40.5 Å². The lowest BCUT2D eigenvalue weighted by Crippen LogP contribution is -2.52. The fraction of sp³-hybridized carbons (Fsp3) is 0.769. The predicted octanol–water partition coefficient (Wildman–Crippen LogP) is -0.790. The minimum atomic E-state index is -1.35. The van der Waals surface area contributed by atoms with Crippen LogP contribution in [0.15, 0.2) is 0 Å². The van der Waals surface area contributed by atoms with Gasteiger partial charge in [0.2, 0.25) is 5.91 Å². The number of carboxylic acid groups (broad SMARTS) is 1. The molecule has 1 aliphatic heterocycles. The van der Waals surface area contributed by atoms with Crippen molar-refractivity contribution in [2.45, 2.75) is 52.6 Å². The van der Waals surface area contributed by atoms with Crippen LogP contribution >= 0.6 is 0 Å². The summed E-state index contributed by atoms with van der Waals surface area (Å²) < 4.78 is 0. The van der Waals surface area contributed by atoms with E-state index < -0.39 is 35.3 Å². The number of hydroxylamine groups is 2. The third-order valence-corrected chi connectivity index (χ3v) is 3.03. The zero-order valence-corrected chi connectivity index (χ0v) is 12.3. The van der Waals surface area contributed by atoms with Crippen molar-refractivity contribution in [1.82, 2.24) is 10.4 Å². The van der Waals surface area contributed by atoms with E-state index in [-0.39, 0.29) is 0 Å². The Hall–Kier alpha value is -1.63. The van der Waals surface area contributed by atoms with Crippen molar-refractivity contribution in [1.29, 1.82) is 0 Å². The molecular formula is C13H21N2O5-. The normalized spacial score (nSPS) is 21.3. The molecule has 114 valence electrons. The highest BCUT2D eigenvalue weighted by Crippen LogP contribution is 2.22. The molecule has 1 aliphatic rings. The summed E-state index contributed by atoms with van der Waals surface area (Å²) in [6.45, 7) is 6.95. The van der Waals surface area contributed by atoms with E-state index in [1.54, 1.807) is 20.8 Å². The molecule has 0 aromatic rings. The predicted molar refractivity (Wildman–Crippen MR) is 67.9 cm³/mol. The van der Waals surface area contributed by atoms with Crippen LogP contribution in [-0.2, 0) is 19.2 Å². The molecule has 7 heteroatoms. The van der Waals surface area contributed by atoms with Crippen LogP contribution < -0.4 is 10.4 Å². The maximum Gasteiger partial charge on any atom is 0.330 e. The van der Waals surface area contributed by atoms with Gasteiger partial charge >= 0.3 is 5.97 Å². The highest BCUT2D eigenvalue weighted by atomic mass is 16.7. The third kappa shape index (κ3) is 4.19. The second-order valence-electron chi connectivity index (χ2n) is 5.98. The third-order valence-electron chi connectivity index (χ3n) is 3.03. The molecule has 0 bridgehead atoms. The molecule has 0 aliphatic carbocycles. The summed E-state index contributed by atoms with van der Waals surface area (Å²) in [5.74, 6) is -2.25. The maximum absolute atomic E-state index is 12.0. The highest BCUT2D eigenvalue weighted by Gasteiger charge is 2.36. The summed E-state index contributed by atoms with van der Waals surface area (Å²) in [6, 6.07) is -1.73. The van der Waals surface area contributed by atoms with E-state index in [0.717, 1.165) is 0 Å². The molecule has 0 spiro atoms. The van der Waals surface area contributed by atoms with Gasteiger partial charge in [-0.1, -0.05) is 0 Å². The molecule has 1 saturated heterocycles. The van der Waals surface area contributed by atoms with Crippen LogP contribution in [0.2, 0.25) is 0 Å². The van der Waals surface area contributed by atoms with E-state index in [4.69, 9.17) is 4.84 Å². The van der Waals surface area contributed by atoms with Gasteiger partial charge in [0.25, 0.3) is 0 Å². The average molecular weight is 285 g/mol. The van der Waals surface area contributed by atoms with Gasteiger partial charge in [0.15, 0.2) is 0 Å². The Morgan fingerprint density at radius 3 is 2.45 bits per heavy atom. The lowest BCUT2D eigenvalue weighted by molar-refractivity contribution is -0.307. The van der Waals surface area contributed by atoms with Crippen molar-refractivity contribution in [3.8, 4) is 0 Å². The number of amides is 1. The Bertz CT molecular complexity index is 402. The van der Waals surface area contributed by atoms with Crippen molar-refractivity contribution in [3.63, 3.8) is 0 Å². The van der Waals surface area contributed by atoms with Gasteiger partial charge < -0.3 is 20.1 Å². The SMILES string of the molecule is C[C@H](NC(=O)[C@@H]1CCCN1OC(=O)C(C)(C)C)C(=O)[O-]. The van der Waals surface area contributed by atoms with Gasteiger partial charge in [-0.15, -0.1) is 5.06 Å². The number of hydrogen-bond acceptors (Lipinski definition) is 6. The molecular weight excluding hydrogens is 264 g/mol. The molecule has 0 aromatic heterocycles. The van der Waals surface area contributed by atoms with Crippen LogP contribution in [0, 0.1) is 5.41 Å². The van der Waals surface area contributed by atoms with E-state index in [9.17, 15) is 19.5 Å². The first kappa shape index (κ1) is 16.4. The van der Waals surface area contributed by atoms with Gasteiger partial charge in [-0.3, -0.25) is 4.79 Å². The fourth-order valence-electron chi connectivity index (χ4n) is 1.72. The first-order valence-corrected chi connectivity index (χ1v) is 6.63. The summed E-state index contributed by atoms with van der Waals surface area (Å²) in [5, 5.41) is 14.3. The minimum absolute atomic E-state index is 0.426. The van der Waals surface area contributed by atoms with E-state index in [1.165, 1.54) is 12.0 Å². The molecule has 1 fully saturated rings. The fourth-order valence-corrected chi connectivity index (χ4v) is 1.72. The number of carboxylic acids is 1. The van der Waals surface area contributed by atoms with E-state index in [1.807, 2.05) is 0 Å². The zero-order valence-electron chi connectivity index (χ0n) is 12.3. The Morgan fingerprint density at radius 2 is 1.95 bits per heavy atom. The Balaban J connectivity index is 2.63. The lowest BCUT2D eigenvalue weighted by atomic mass is 9.98. The smallest absolute Gasteiger partial charge is 0.330 e. The van der Waals surface area contributed by atoms with Crippen LogP contribution in [0.3, 0.4) is 0 Å². The van der Waals surface area contributed by atoms with Gasteiger partial charge in [-0.2, -0.15) is 0 Å². The topological polar surface area (TPSA) is 98.8 Å². The molecule has 1 rings (SSSR count). The average Bonchev–Trinajstić information content (AvgIpc) is 2.75. The standard InChI is InChI=1S/C13H22N2O5/c1-8(11(17)18)14-10(16)9-6-5-7-15(9)20-12(19)13(2,3)4/h8-9H,5-7H2,1-4H3,(H,14,16)(H,17,18)/p-1/t8-,9-/m0/s1. The second kappa shape index (κ2) is 6.21. The Kier molecular flexibility index (Phi) is 5.10. The minimum Gasteiger partial charge on any atom is -0.548 e. The highest BCUT2D eigenvalue weighted by molar-refractivity contribution is 5.86. The number of carbonyl (C=O) groups is 3. The van der Waals surface area contributed by atoms with E-state index in [0.29, 0.717) is 19.4 Å². The number of aliphatic carboxylic acids is 1. The molecule has 1 amide bonds. The molecule has 0 saturated carbocycles. The number of nitrogens with zero attached hydrogens (tertiary/aromatic N) is 1. The van der Waals surface area contributed by atoms with Gasteiger partial charge in [0.1, 0.15) is 6.04 Å². The molecule has 0 aromatic carbocycles. The molecule has 0 unspecified atom stereocenters. The first-order valence-electron chi connectivity index (χ1n) is 6.63. The van der Waals surface area contributed by atoms with Crippen molar-refractivity contribution < 1.29 is 24.3 Å². The summed E-state index contributed by atoms with van der Waals surface area (Å²) >= 11 is 0. The second-order valence-corrected chi connectivity index (χ2v) is 5.98. The maximum atomic E-state index is 12.0. The number of rotatable bonds is 4. The first-order chi connectivity index (χ1) is 9.12. The van der Waals surface area contributed by atoms with Gasteiger partial charge in [-0.25, -0.2) is 4.79 Å². The van der Waals surface area contributed by atoms with Crippen molar-refractivity contribution in [2.24, 2.45) is 5.41 Å². The summed E-state index contributed by atoms with van der Waals surface area (Å²) in [4.78, 5) is 39.6. The monoisotopic (exact) mass is 285 g/mol. The quantitative estimate of drug-likeness (QED) is 0.727. The molecule has 20 heavy (non-hydrogen) atoms. The van der Waals surface area contributed by atoms with E-state index >= 15 is 0 Å².